The lowest BCUT2D eigenvalue weighted by molar-refractivity contribution is 0.613. The van der Waals surface area contributed by atoms with Crippen LogP contribution in [0.1, 0.15) is 45.4 Å². The first-order valence-corrected chi connectivity index (χ1v) is 10.8. The number of guanidine groups is 1. The average Bonchev–Trinajstić information content (AvgIpc) is 3.26. The fraction of sp³-hybridized carbons (Fsp3) is 0.632. The largest absolute Gasteiger partial charge is 0.357 e. The topological polar surface area (TPSA) is 66.6 Å². The summed E-state index contributed by atoms with van der Waals surface area (Å²) in [7, 11) is 0. The van der Waals surface area contributed by atoms with Crippen molar-refractivity contribution in [3.05, 3.63) is 30.2 Å². The Balaban J connectivity index is 1.48. The van der Waals surface area contributed by atoms with Crippen LogP contribution in [0.4, 0.5) is 0 Å². The molecule has 2 heterocycles. The molecule has 2 unspecified atom stereocenters. The number of fused-ring (bicyclic) bond motifs is 1. The quantitative estimate of drug-likeness (QED) is 0.422. The van der Waals surface area contributed by atoms with Crippen LogP contribution >= 0.6 is 11.8 Å². The summed E-state index contributed by atoms with van der Waals surface area (Å²) in [4.78, 5) is 4.76. The monoisotopic (exact) mass is 374 g/mol. The maximum atomic E-state index is 4.76. The Labute approximate surface area is 160 Å². The number of rotatable bonds is 8. The summed E-state index contributed by atoms with van der Waals surface area (Å²) in [5.41, 5.74) is 0.904. The van der Waals surface area contributed by atoms with Crippen molar-refractivity contribution in [1.29, 1.82) is 0 Å². The molecule has 1 aliphatic carbocycles. The average molecular weight is 375 g/mol. The van der Waals surface area contributed by atoms with Crippen LogP contribution in [0.5, 0.6) is 0 Å². The minimum Gasteiger partial charge on any atom is -0.357 e. The number of aliphatic imine (C=N–C) groups is 1. The Hall–Kier alpha value is -1.76. The number of nitrogens with one attached hydrogen (secondary N) is 2. The molecule has 2 N–H and O–H groups in total. The molecule has 0 spiro atoms. The van der Waals surface area contributed by atoms with E-state index in [2.05, 4.69) is 50.8 Å². The number of hydrogen-bond donors (Lipinski definition) is 2. The summed E-state index contributed by atoms with van der Waals surface area (Å²) >= 11 is 2.09. The fourth-order valence-corrected chi connectivity index (χ4v) is 4.60. The predicted molar refractivity (Wildman–Crippen MR) is 110 cm³/mol. The standard InChI is InChI=1S/C19H30N6S/c1-3-20-19(22-15-10-11-16(14-15)26-4-2)21-12-7-9-18-24-23-17-8-5-6-13-25(17)18/h5-6,8,13,15-16H,3-4,7,9-12,14H2,1-2H3,(H2,20,21,22). The molecule has 1 aliphatic rings. The molecule has 2 aromatic rings. The number of aryl methyl sites for hydroxylation is 1. The number of hydrogen-bond acceptors (Lipinski definition) is 4. The summed E-state index contributed by atoms with van der Waals surface area (Å²) in [6, 6.07) is 6.53. The highest BCUT2D eigenvalue weighted by Crippen LogP contribution is 2.29. The molecule has 3 rings (SSSR count). The third-order valence-corrected chi connectivity index (χ3v) is 5.92. The van der Waals surface area contributed by atoms with Gasteiger partial charge in [0.1, 0.15) is 5.82 Å². The normalized spacial score (nSPS) is 20.6. The van der Waals surface area contributed by atoms with E-state index in [0.29, 0.717) is 6.04 Å². The number of thioether (sulfide) groups is 1. The molecular weight excluding hydrogens is 344 g/mol. The van der Waals surface area contributed by atoms with E-state index in [4.69, 9.17) is 4.99 Å². The zero-order valence-corrected chi connectivity index (χ0v) is 16.6. The van der Waals surface area contributed by atoms with Crippen molar-refractivity contribution < 1.29 is 0 Å². The summed E-state index contributed by atoms with van der Waals surface area (Å²) in [5.74, 6) is 3.16. The minimum atomic E-state index is 0.553. The molecule has 0 saturated heterocycles. The van der Waals surface area contributed by atoms with Gasteiger partial charge in [-0.15, -0.1) is 10.2 Å². The van der Waals surface area contributed by atoms with Gasteiger partial charge in [-0.1, -0.05) is 13.0 Å². The van der Waals surface area contributed by atoms with Gasteiger partial charge < -0.3 is 10.6 Å². The molecule has 1 fully saturated rings. The van der Waals surface area contributed by atoms with Gasteiger partial charge in [0, 0.05) is 37.0 Å². The SMILES string of the molecule is CCNC(=NCCCc1nnc2ccccn12)NC1CCC(SCC)C1. The van der Waals surface area contributed by atoms with Crippen molar-refractivity contribution in [2.75, 3.05) is 18.8 Å². The third kappa shape index (κ3) is 5.13. The van der Waals surface area contributed by atoms with Crippen LogP contribution in [0.2, 0.25) is 0 Å². The van der Waals surface area contributed by atoms with Crippen LogP contribution < -0.4 is 10.6 Å². The predicted octanol–water partition coefficient (Wildman–Crippen LogP) is 2.89. The van der Waals surface area contributed by atoms with E-state index >= 15 is 0 Å². The lowest BCUT2D eigenvalue weighted by Gasteiger charge is -2.17. The van der Waals surface area contributed by atoms with Crippen LogP contribution in [0.15, 0.2) is 29.4 Å². The third-order valence-electron chi connectivity index (χ3n) is 4.68. The second-order valence-corrected chi connectivity index (χ2v) is 8.22. The molecule has 1 saturated carbocycles. The van der Waals surface area contributed by atoms with Gasteiger partial charge in [-0.2, -0.15) is 11.8 Å². The first-order chi connectivity index (χ1) is 12.8. The van der Waals surface area contributed by atoms with Gasteiger partial charge in [0.2, 0.25) is 0 Å². The second-order valence-electron chi connectivity index (χ2n) is 6.64. The van der Waals surface area contributed by atoms with Crippen molar-refractivity contribution in [2.45, 2.75) is 57.2 Å². The maximum absolute atomic E-state index is 4.76. The molecule has 142 valence electrons. The maximum Gasteiger partial charge on any atom is 0.191 e. The van der Waals surface area contributed by atoms with Gasteiger partial charge in [0.05, 0.1) is 0 Å². The zero-order chi connectivity index (χ0) is 18.2. The van der Waals surface area contributed by atoms with Gasteiger partial charge in [0.25, 0.3) is 0 Å². The molecule has 26 heavy (non-hydrogen) atoms. The second kappa shape index (κ2) is 9.80. The Morgan fingerprint density at radius 3 is 3.08 bits per heavy atom. The van der Waals surface area contributed by atoms with Crippen LogP contribution in [0, 0.1) is 0 Å². The molecule has 7 heteroatoms. The van der Waals surface area contributed by atoms with Gasteiger partial charge in [0.15, 0.2) is 11.6 Å². The van der Waals surface area contributed by atoms with Crippen LogP contribution in [0.3, 0.4) is 0 Å². The molecule has 2 aromatic heterocycles. The summed E-state index contributed by atoms with van der Waals surface area (Å²) in [6.07, 6.45) is 7.67. The molecule has 0 aliphatic heterocycles. The first kappa shape index (κ1) is 19.0. The van der Waals surface area contributed by atoms with E-state index in [1.807, 2.05) is 24.4 Å². The van der Waals surface area contributed by atoms with Crippen molar-refractivity contribution in [3.8, 4) is 0 Å². The Morgan fingerprint density at radius 1 is 1.31 bits per heavy atom. The molecule has 0 aromatic carbocycles. The lowest BCUT2D eigenvalue weighted by Crippen LogP contribution is -2.42. The fourth-order valence-electron chi connectivity index (χ4n) is 3.46. The highest BCUT2D eigenvalue weighted by Gasteiger charge is 2.25. The highest BCUT2D eigenvalue weighted by molar-refractivity contribution is 7.99. The van der Waals surface area contributed by atoms with E-state index in [-0.39, 0.29) is 0 Å². The lowest BCUT2D eigenvalue weighted by atomic mass is 10.2. The molecular formula is C19H30N6S. The molecule has 0 bridgehead atoms. The van der Waals surface area contributed by atoms with E-state index in [0.717, 1.165) is 48.6 Å². The van der Waals surface area contributed by atoms with E-state index < -0.39 is 0 Å². The van der Waals surface area contributed by atoms with Gasteiger partial charge in [-0.05, 0) is 50.5 Å². The first-order valence-electron chi connectivity index (χ1n) is 9.75. The number of nitrogens with zero attached hydrogens (tertiary/aromatic N) is 4. The Bertz CT molecular complexity index is 713. The van der Waals surface area contributed by atoms with Crippen molar-refractivity contribution in [3.63, 3.8) is 0 Å². The van der Waals surface area contributed by atoms with Gasteiger partial charge >= 0.3 is 0 Å². The van der Waals surface area contributed by atoms with E-state index in [9.17, 15) is 0 Å². The van der Waals surface area contributed by atoms with Crippen LogP contribution in [0.25, 0.3) is 5.65 Å². The molecule has 2 atom stereocenters. The zero-order valence-electron chi connectivity index (χ0n) is 15.8. The van der Waals surface area contributed by atoms with E-state index in [1.54, 1.807) is 0 Å². The molecule has 6 nitrogen and oxygen atoms in total. The summed E-state index contributed by atoms with van der Waals surface area (Å²) < 4.78 is 2.05. The number of aromatic nitrogens is 3. The Kier molecular flexibility index (Phi) is 7.17. The van der Waals surface area contributed by atoms with Crippen LogP contribution in [-0.2, 0) is 6.42 Å². The van der Waals surface area contributed by atoms with Crippen molar-refractivity contribution >= 4 is 23.4 Å². The molecule has 0 radical (unpaired) electrons. The van der Waals surface area contributed by atoms with Gasteiger partial charge in [-0.3, -0.25) is 9.39 Å². The Morgan fingerprint density at radius 2 is 2.23 bits per heavy atom. The van der Waals surface area contributed by atoms with Crippen molar-refractivity contribution in [2.24, 2.45) is 4.99 Å². The number of pyridine rings is 1. The van der Waals surface area contributed by atoms with Crippen LogP contribution in [-0.4, -0.2) is 50.7 Å². The minimum absolute atomic E-state index is 0.553. The van der Waals surface area contributed by atoms with Crippen molar-refractivity contribution in [1.82, 2.24) is 25.2 Å². The molecule has 0 amide bonds. The van der Waals surface area contributed by atoms with E-state index in [1.165, 1.54) is 25.0 Å². The van der Waals surface area contributed by atoms with Gasteiger partial charge in [-0.25, -0.2) is 0 Å². The highest BCUT2D eigenvalue weighted by atomic mass is 32.2. The summed E-state index contributed by atoms with van der Waals surface area (Å²) in [6.45, 7) is 6.04. The smallest absolute Gasteiger partial charge is 0.191 e. The summed E-state index contributed by atoms with van der Waals surface area (Å²) in [5, 5.41) is 16.3.